The minimum atomic E-state index is -0.283. The van der Waals surface area contributed by atoms with Crippen molar-refractivity contribution in [2.24, 2.45) is 5.41 Å². The molecule has 1 aliphatic rings. The number of nitrogens with zero attached hydrogens (tertiary/aromatic N) is 1. The van der Waals surface area contributed by atoms with Gasteiger partial charge in [-0.1, -0.05) is 24.9 Å². The first-order valence-electron chi connectivity index (χ1n) is 5.89. The lowest BCUT2D eigenvalue weighted by molar-refractivity contribution is -0.126. The molecule has 0 aromatic heterocycles. The number of anilines is 1. The van der Waals surface area contributed by atoms with E-state index in [9.17, 15) is 4.79 Å². The van der Waals surface area contributed by atoms with Gasteiger partial charge in [-0.2, -0.15) is 0 Å². The SMILES string of the molecule is CCCC1(C)CN(c2ccc(Cl)cc2)NC1=O. The maximum atomic E-state index is 12.0. The molecule has 0 radical (unpaired) electrons. The zero-order valence-electron chi connectivity index (χ0n) is 10.2. The number of carbonyl (C=O) groups is 1. The average molecular weight is 253 g/mol. The van der Waals surface area contributed by atoms with Gasteiger partial charge in [0.1, 0.15) is 0 Å². The van der Waals surface area contributed by atoms with Crippen molar-refractivity contribution in [2.45, 2.75) is 26.7 Å². The van der Waals surface area contributed by atoms with Gasteiger partial charge in [-0.25, -0.2) is 0 Å². The molecule has 0 aliphatic carbocycles. The Bertz CT molecular complexity index is 418. The zero-order valence-corrected chi connectivity index (χ0v) is 10.9. The fourth-order valence-corrected chi connectivity index (χ4v) is 2.37. The molecule has 1 N–H and O–H groups in total. The van der Waals surface area contributed by atoms with Crippen molar-refractivity contribution in [3.8, 4) is 0 Å². The van der Waals surface area contributed by atoms with Gasteiger partial charge in [0.05, 0.1) is 17.6 Å². The molecule has 0 saturated carbocycles. The minimum absolute atomic E-state index is 0.106. The van der Waals surface area contributed by atoms with Crippen LogP contribution in [0.4, 0.5) is 5.69 Å². The topological polar surface area (TPSA) is 32.3 Å². The van der Waals surface area contributed by atoms with Crippen LogP contribution in [0.2, 0.25) is 5.02 Å². The first-order valence-corrected chi connectivity index (χ1v) is 6.27. The highest BCUT2D eigenvalue weighted by Crippen LogP contribution is 2.32. The highest BCUT2D eigenvalue weighted by atomic mass is 35.5. The monoisotopic (exact) mass is 252 g/mol. The Kier molecular flexibility index (Phi) is 3.29. The van der Waals surface area contributed by atoms with Crippen LogP contribution in [0.1, 0.15) is 26.7 Å². The van der Waals surface area contributed by atoms with Crippen LogP contribution >= 0.6 is 11.6 Å². The van der Waals surface area contributed by atoms with Gasteiger partial charge in [-0.15, -0.1) is 0 Å². The van der Waals surface area contributed by atoms with Crippen molar-refractivity contribution < 1.29 is 4.79 Å². The highest BCUT2D eigenvalue weighted by molar-refractivity contribution is 6.30. The molecule has 2 rings (SSSR count). The number of nitrogens with one attached hydrogen (secondary N) is 1. The Morgan fingerprint density at radius 2 is 2.06 bits per heavy atom. The Labute approximate surface area is 107 Å². The van der Waals surface area contributed by atoms with E-state index in [-0.39, 0.29) is 11.3 Å². The van der Waals surface area contributed by atoms with Crippen LogP contribution in [0.5, 0.6) is 0 Å². The molecule has 1 saturated heterocycles. The summed E-state index contributed by atoms with van der Waals surface area (Å²) in [5, 5.41) is 2.60. The number of benzene rings is 1. The summed E-state index contributed by atoms with van der Waals surface area (Å²) in [4.78, 5) is 12.0. The third-order valence-electron chi connectivity index (χ3n) is 3.23. The van der Waals surface area contributed by atoms with Gasteiger partial charge < -0.3 is 0 Å². The van der Waals surface area contributed by atoms with E-state index < -0.39 is 0 Å². The molecule has 1 unspecified atom stereocenters. The Morgan fingerprint density at radius 3 is 2.65 bits per heavy atom. The van der Waals surface area contributed by atoms with E-state index in [2.05, 4.69) is 12.3 Å². The fourth-order valence-electron chi connectivity index (χ4n) is 2.24. The number of hydrogen-bond acceptors (Lipinski definition) is 2. The molecular weight excluding hydrogens is 236 g/mol. The maximum Gasteiger partial charge on any atom is 0.246 e. The first kappa shape index (κ1) is 12.2. The van der Waals surface area contributed by atoms with Gasteiger partial charge in [0.15, 0.2) is 0 Å². The molecule has 17 heavy (non-hydrogen) atoms. The summed E-state index contributed by atoms with van der Waals surface area (Å²) < 4.78 is 0. The number of carbonyl (C=O) groups excluding carboxylic acids is 1. The summed E-state index contributed by atoms with van der Waals surface area (Å²) in [6, 6.07) is 7.50. The van der Waals surface area contributed by atoms with E-state index in [0.717, 1.165) is 18.5 Å². The number of hydrogen-bond donors (Lipinski definition) is 1. The van der Waals surface area contributed by atoms with Gasteiger partial charge in [0.25, 0.3) is 0 Å². The Morgan fingerprint density at radius 1 is 1.41 bits per heavy atom. The molecule has 92 valence electrons. The normalized spacial score (nSPS) is 23.9. The fraction of sp³-hybridized carbons (Fsp3) is 0.462. The largest absolute Gasteiger partial charge is 0.284 e. The summed E-state index contributed by atoms with van der Waals surface area (Å²) in [6.45, 7) is 4.83. The summed E-state index contributed by atoms with van der Waals surface area (Å²) in [5.41, 5.74) is 3.61. The summed E-state index contributed by atoms with van der Waals surface area (Å²) in [7, 11) is 0. The standard InChI is InChI=1S/C13H17ClN2O/c1-3-8-13(2)9-16(15-12(13)17)11-6-4-10(14)5-7-11/h4-7H,3,8-9H2,1-2H3,(H,15,17). The molecule has 4 heteroatoms. The van der Waals surface area contributed by atoms with Crippen LogP contribution in [0.3, 0.4) is 0 Å². The molecule has 1 heterocycles. The minimum Gasteiger partial charge on any atom is -0.284 e. The third kappa shape index (κ3) is 2.39. The number of rotatable bonds is 3. The number of halogens is 1. The molecular formula is C13H17ClN2O. The number of amides is 1. The molecule has 1 aromatic carbocycles. The quantitative estimate of drug-likeness (QED) is 0.897. The van der Waals surface area contributed by atoms with Gasteiger partial charge >= 0.3 is 0 Å². The van der Waals surface area contributed by atoms with Gasteiger partial charge in [-0.05, 0) is 37.6 Å². The molecule has 0 bridgehead atoms. The van der Waals surface area contributed by atoms with Crippen molar-refractivity contribution in [2.75, 3.05) is 11.6 Å². The van der Waals surface area contributed by atoms with E-state index in [1.807, 2.05) is 36.2 Å². The summed E-state index contributed by atoms with van der Waals surface area (Å²) in [5.74, 6) is 0.106. The van der Waals surface area contributed by atoms with E-state index in [1.54, 1.807) is 0 Å². The van der Waals surface area contributed by atoms with Crippen LogP contribution < -0.4 is 10.4 Å². The lowest BCUT2D eigenvalue weighted by Gasteiger charge is -2.21. The molecule has 3 nitrogen and oxygen atoms in total. The van der Waals surface area contributed by atoms with Gasteiger partial charge in [-0.3, -0.25) is 15.2 Å². The average Bonchev–Trinajstić information content (AvgIpc) is 2.57. The second kappa shape index (κ2) is 4.57. The Hall–Kier alpha value is -1.22. The van der Waals surface area contributed by atoms with Crippen molar-refractivity contribution in [1.29, 1.82) is 0 Å². The lowest BCUT2D eigenvalue weighted by atomic mass is 9.86. The van der Waals surface area contributed by atoms with Crippen molar-refractivity contribution >= 4 is 23.2 Å². The molecule has 1 atom stereocenters. The molecule has 0 spiro atoms. The molecule has 1 fully saturated rings. The first-order chi connectivity index (χ1) is 8.05. The van der Waals surface area contributed by atoms with Crippen molar-refractivity contribution in [3.05, 3.63) is 29.3 Å². The smallest absolute Gasteiger partial charge is 0.246 e. The van der Waals surface area contributed by atoms with E-state index in [4.69, 9.17) is 11.6 Å². The summed E-state index contributed by atoms with van der Waals surface area (Å²) >= 11 is 5.85. The van der Waals surface area contributed by atoms with E-state index >= 15 is 0 Å². The van der Waals surface area contributed by atoms with E-state index in [1.165, 1.54) is 0 Å². The van der Waals surface area contributed by atoms with Crippen LogP contribution in [0.25, 0.3) is 0 Å². The highest BCUT2D eigenvalue weighted by Gasteiger charge is 2.41. The van der Waals surface area contributed by atoms with Gasteiger partial charge in [0, 0.05) is 5.02 Å². The summed E-state index contributed by atoms with van der Waals surface area (Å²) in [6.07, 6.45) is 1.92. The lowest BCUT2D eigenvalue weighted by Crippen LogP contribution is -2.33. The second-order valence-electron chi connectivity index (χ2n) is 4.81. The van der Waals surface area contributed by atoms with Crippen LogP contribution in [0.15, 0.2) is 24.3 Å². The van der Waals surface area contributed by atoms with Crippen molar-refractivity contribution in [1.82, 2.24) is 5.43 Å². The van der Waals surface area contributed by atoms with Gasteiger partial charge in [0.2, 0.25) is 5.91 Å². The Balaban J connectivity index is 2.16. The van der Waals surface area contributed by atoms with Crippen molar-refractivity contribution in [3.63, 3.8) is 0 Å². The molecule has 1 aromatic rings. The second-order valence-corrected chi connectivity index (χ2v) is 5.25. The maximum absolute atomic E-state index is 12.0. The van der Waals surface area contributed by atoms with Crippen LogP contribution in [-0.4, -0.2) is 12.5 Å². The van der Waals surface area contributed by atoms with E-state index in [0.29, 0.717) is 11.6 Å². The molecule has 1 aliphatic heterocycles. The predicted octanol–water partition coefficient (Wildman–Crippen LogP) is 3.00. The zero-order chi connectivity index (χ0) is 12.5. The van der Waals surface area contributed by atoms with Crippen LogP contribution in [0, 0.1) is 5.41 Å². The third-order valence-corrected chi connectivity index (χ3v) is 3.48. The molecule has 1 amide bonds. The number of hydrazine groups is 1. The predicted molar refractivity (Wildman–Crippen MR) is 70.0 cm³/mol. The van der Waals surface area contributed by atoms with Crippen LogP contribution in [-0.2, 0) is 4.79 Å².